The fraction of sp³-hybridized carbons (Fsp3) is 1.00. The summed E-state index contributed by atoms with van der Waals surface area (Å²) in [6, 6.07) is 0. The maximum atomic E-state index is 9.95. The third kappa shape index (κ3) is 4.07. The van der Waals surface area contributed by atoms with Gasteiger partial charge in [0.25, 0.3) is 0 Å². The van der Waals surface area contributed by atoms with E-state index in [0.717, 1.165) is 0 Å². The van der Waals surface area contributed by atoms with Crippen LogP contribution in [-0.4, -0.2) is 45.8 Å². The van der Waals surface area contributed by atoms with Crippen molar-refractivity contribution in [3.05, 3.63) is 0 Å². The molecule has 0 saturated carbocycles. The Bertz CT molecular complexity index is 148. The number of rotatable bonds is 8. The Kier molecular flexibility index (Phi) is 7.09. The summed E-state index contributed by atoms with van der Waals surface area (Å²) in [5, 5.41) is 37.1. The summed E-state index contributed by atoms with van der Waals surface area (Å²) in [6.07, 6.45) is 0.777. The van der Waals surface area contributed by atoms with Crippen molar-refractivity contribution in [3.63, 3.8) is 0 Å². The molecule has 0 saturated heterocycles. The van der Waals surface area contributed by atoms with Crippen molar-refractivity contribution < 1.29 is 20.4 Å². The van der Waals surface area contributed by atoms with E-state index in [9.17, 15) is 10.2 Å². The van der Waals surface area contributed by atoms with Gasteiger partial charge in [0.15, 0.2) is 0 Å². The first-order valence-electron chi connectivity index (χ1n) is 5.64. The maximum Gasteiger partial charge on any atom is 0.0771 e. The zero-order chi connectivity index (χ0) is 11.9. The summed E-state index contributed by atoms with van der Waals surface area (Å²) < 4.78 is 0. The smallest absolute Gasteiger partial charge is 0.0771 e. The Balaban J connectivity index is 4.20. The Labute approximate surface area is 91.6 Å². The molecule has 2 atom stereocenters. The summed E-state index contributed by atoms with van der Waals surface area (Å²) in [4.78, 5) is 0. The lowest BCUT2D eigenvalue weighted by atomic mass is 9.76. The van der Waals surface area contributed by atoms with Crippen LogP contribution in [0.3, 0.4) is 0 Å². The largest absolute Gasteiger partial charge is 0.396 e. The number of aliphatic hydroxyl groups is 4. The van der Waals surface area contributed by atoms with Gasteiger partial charge >= 0.3 is 0 Å². The Morgan fingerprint density at radius 3 is 1.87 bits per heavy atom. The van der Waals surface area contributed by atoms with Gasteiger partial charge in [0.2, 0.25) is 0 Å². The zero-order valence-corrected chi connectivity index (χ0v) is 9.69. The van der Waals surface area contributed by atoms with E-state index in [-0.39, 0.29) is 13.2 Å². The van der Waals surface area contributed by atoms with Crippen molar-refractivity contribution in [1.29, 1.82) is 0 Å². The fourth-order valence-electron chi connectivity index (χ4n) is 1.80. The third-order valence-corrected chi connectivity index (χ3v) is 3.41. The van der Waals surface area contributed by atoms with E-state index < -0.39 is 17.6 Å². The standard InChI is InChI=1S/C11H24O4/c1-3-11(4-2,8-13)10(15)6-5-9(14)7-12/h9-10,12-15H,3-8H2,1-2H3. The second-order valence-electron chi connectivity index (χ2n) is 4.16. The van der Waals surface area contributed by atoms with Crippen LogP contribution in [0.15, 0.2) is 0 Å². The molecule has 0 spiro atoms. The van der Waals surface area contributed by atoms with Crippen molar-refractivity contribution in [1.82, 2.24) is 0 Å². The lowest BCUT2D eigenvalue weighted by Crippen LogP contribution is -2.38. The summed E-state index contributed by atoms with van der Waals surface area (Å²) in [5.74, 6) is 0. The highest BCUT2D eigenvalue weighted by atomic mass is 16.3. The molecule has 4 nitrogen and oxygen atoms in total. The summed E-state index contributed by atoms with van der Waals surface area (Å²) in [7, 11) is 0. The lowest BCUT2D eigenvalue weighted by Gasteiger charge is -2.35. The van der Waals surface area contributed by atoms with Gasteiger partial charge in [-0.05, 0) is 25.7 Å². The lowest BCUT2D eigenvalue weighted by molar-refractivity contribution is -0.0369. The van der Waals surface area contributed by atoms with E-state index in [4.69, 9.17) is 10.2 Å². The van der Waals surface area contributed by atoms with E-state index >= 15 is 0 Å². The van der Waals surface area contributed by atoms with Crippen LogP contribution in [0.25, 0.3) is 0 Å². The molecule has 0 aliphatic rings. The van der Waals surface area contributed by atoms with Crippen molar-refractivity contribution in [3.8, 4) is 0 Å². The molecule has 0 aromatic rings. The highest BCUT2D eigenvalue weighted by Gasteiger charge is 2.33. The summed E-state index contributed by atoms with van der Waals surface area (Å²) >= 11 is 0. The molecule has 0 aromatic carbocycles. The number of hydrogen-bond donors (Lipinski definition) is 4. The molecule has 0 fully saturated rings. The average Bonchev–Trinajstić information content (AvgIpc) is 2.28. The molecule has 15 heavy (non-hydrogen) atoms. The van der Waals surface area contributed by atoms with Crippen LogP contribution in [0.5, 0.6) is 0 Å². The van der Waals surface area contributed by atoms with Crippen LogP contribution < -0.4 is 0 Å². The molecular weight excluding hydrogens is 196 g/mol. The minimum absolute atomic E-state index is 0.0453. The summed E-state index contributed by atoms with van der Waals surface area (Å²) in [5.41, 5.74) is -0.463. The molecule has 0 aliphatic carbocycles. The maximum absolute atomic E-state index is 9.95. The average molecular weight is 220 g/mol. The van der Waals surface area contributed by atoms with E-state index in [1.54, 1.807) is 0 Å². The van der Waals surface area contributed by atoms with E-state index in [1.165, 1.54) is 0 Å². The molecule has 2 unspecified atom stereocenters. The molecule has 0 bridgehead atoms. The van der Waals surface area contributed by atoms with Gasteiger partial charge in [0.1, 0.15) is 0 Å². The molecule has 4 heteroatoms. The van der Waals surface area contributed by atoms with Gasteiger partial charge in [0.05, 0.1) is 25.4 Å². The predicted molar refractivity (Wildman–Crippen MR) is 58.4 cm³/mol. The first-order chi connectivity index (χ1) is 7.06. The number of hydrogen-bond acceptors (Lipinski definition) is 4. The van der Waals surface area contributed by atoms with Crippen LogP contribution in [0.2, 0.25) is 0 Å². The summed E-state index contributed by atoms with van der Waals surface area (Å²) in [6.45, 7) is 3.55. The molecule has 4 N–H and O–H groups in total. The van der Waals surface area contributed by atoms with Gasteiger partial charge in [-0.25, -0.2) is 0 Å². The van der Waals surface area contributed by atoms with E-state index in [0.29, 0.717) is 25.7 Å². The SMILES string of the molecule is CCC(CC)(CO)C(O)CCC(O)CO. The van der Waals surface area contributed by atoms with Crippen molar-refractivity contribution in [2.24, 2.45) is 5.41 Å². The highest BCUT2D eigenvalue weighted by molar-refractivity contribution is 4.84. The highest BCUT2D eigenvalue weighted by Crippen LogP contribution is 2.32. The van der Waals surface area contributed by atoms with E-state index in [1.807, 2.05) is 13.8 Å². The monoisotopic (exact) mass is 220 g/mol. The van der Waals surface area contributed by atoms with Gasteiger partial charge in [-0.1, -0.05) is 13.8 Å². The molecular formula is C11H24O4. The van der Waals surface area contributed by atoms with Gasteiger partial charge < -0.3 is 20.4 Å². The van der Waals surface area contributed by atoms with Crippen LogP contribution in [0, 0.1) is 5.41 Å². The van der Waals surface area contributed by atoms with E-state index in [2.05, 4.69) is 0 Å². The molecule has 0 heterocycles. The molecule has 0 amide bonds. The third-order valence-electron chi connectivity index (χ3n) is 3.41. The van der Waals surface area contributed by atoms with Crippen LogP contribution in [0.1, 0.15) is 39.5 Å². The van der Waals surface area contributed by atoms with Crippen molar-refractivity contribution in [2.45, 2.75) is 51.7 Å². The van der Waals surface area contributed by atoms with Crippen LogP contribution in [-0.2, 0) is 0 Å². The van der Waals surface area contributed by atoms with Crippen LogP contribution in [0.4, 0.5) is 0 Å². The minimum Gasteiger partial charge on any atom is -0.396 e. The molecule has 0 radical (unpaired) electrons. The molecule has 0 rings (SSSR count). The number of aliphatic hydroxyl groups excluding tert-OH is 4. The quantitative estimate of drug-likeness (QED) is 0.473. The van der Waals surface area contributed by atoms with Gasteiger partial charge in [-0.3, -0.25) is 0 Å². The minimum atomic E-state index is -0.773. The van der Waals surface area contributed by atoms with Gasteiger partial charge in [-0.15, -0.1) is 0 Å². The zero-order valence-electron chi connectivity index (χ0n) is 9.69. The van der Waals surface area contributed by atoms with Crippen LogP contribution >= 0.6 is 0 Å². The molecule has 0 aliphatic heterocycles. The molecule has 92 valence electrons. The first-order valence-corrected chi connectivity index (χ1v) is 5.64. The topological polar surface area (TPSA) is 80.9 Å². The first kappa shape index (κ1) is 14.8. The molecule has 0 aromatic heterocycles. The Morgan fingerprint density at radius 1 is 1.00 bits per heavy atom. The van der Waals surface area contributed by atoms with Crippen molar-refractivity contribution in [2.75, 3.05) is 13.2 Å². The van der Waals surface area contributed by atoms with Crippen molar-refractivity contribution >= 4 is 0 Å². The predicted octanol–water partition coefficient (Wildman–Crippen LogP) is 0.279. The van der Waals surface area contributed by atoms with Gasteiger partial charge in [0, 0.05) is 5.41 Å². The second-order valence-corrected chi connectivity index (χ2v) is 4.16. The Hall–Kier alpha value is -0.160. The normalized spacial score (nSPS) is 16.4. The second kappa shape index (κ2) is 7.17. The van der Waals surface area contributed by atoms with Gasteiger partial charge in [-0.2, -0.15) is 0 Å². The Morgan fingerprint density at radius 2 is 1.53 bits per heavy atom. The fourth-order valence-corrected chi connectivity index (χ4v) is 1.80.